The Balaban J connectivity index is 1.77. The van der Waals surface area contributed by atoms with E-state index in [2.05, 4.69) is 22.2 Å². The van der Waals surface area contributed by atoms with Crippen molar-refractivity contribution in [3.63, 3.8) is 0 Å². The summed E-state index contributed by atoms with van der Waals surface area (Å²) in [5.41, 5.74) is 3.60. The van der Waals surface area contributed by atoms with Gasteiger partial charge in [-0.3, -0.25) is 4.79 Å². The highest BCUT2D eigenvalue weighted by molar-refractivity contribution is 5.94. The van der Waals surface area contributed by atoms with Crippen LogP contribution in [0.3, 0.4) is 0 Å². The van der Waals surface area contributed by atoms with Crippen LogP contribution >= 0.6 is 0 Å². The molecular formula is C19H21N3O. The lowest BCUT2D eigenvalue weighted by Crippen LogP contribution is -2.32. The maximum Gasteiger partial charge on any atom is 0.251 e. The fourth-order valence-electron chi connectivity index (χ4n) is 2.68. The van der Waals surface area contributed by atoms with Crippen molar-refractivity contribution in [1.29, 1.82) is 0 Å². The molecule has 3 rings (SSSR count). The number of carbonyl (C=O) groups is 1. The molecule has 0 aliphatic rings. The number of imidazole rings is 1. The predicted molar refractivity (Wildman–Crippen MR) is 93.4 cm³/mol. The minimum atomic E-state index is -0.0258. The number of H-pyrrole nitrogens is 1. The van der Waals surface area contributed by atoms with E-state index in [-0.39, 0.29) is 11.9 Å². The Bertz CT molecular complexity index is 772. The molecule has 0 aliphatic carbocycles. The van der Waals surface area contributed by atoms with Crippen LogP contribution in [0.2, 0.25) is 0 Å². The fourth-order valence-corrected chi connectivity index (χ4v) is 2.68. The average molecular weight is 307 g/mol. The van der Waals surface area contributed by atoms with E-state index in [0.717, 1.165) is 35.3 Å². The van der Waals surface area contributed by atoms with Gasteiger partial charge in [0.05, 0.1) is 11.0 Å². The van der Waals surface area contributed by atoms with Crippen LogP contribution in [0.1, 0.15) is 37.0 Å². The van der Waals surface area contributed by atoms with Gasteiger partial charge in [0.2, 0.25) is 0 Å². The van der Waals surface area contributed by atoms with Crippen LogP contribution in [0.15, 0.2) is 48.5 Å². The summed E-state index contributed by atoms with van der Waals surface area (Å²) in [5, 5.41) is 3.02. The van der Waals surface area contributed by atoms with Gasteiger partial charge in [0.25, 0.3) is 5.91 Å². The van der Waals surface area contributed by atoms with E-state index in [4.69, 9.17) is 0 Å². The molecule has 0 radical (unpaired) electrons. The Labute approximate surface area is 136 Å². The van der Waals surface area contributed by atoms with Gasteiger partial charge < -0.3 is 10.3 Å². The summed E-state index contributed by atoms with van der Waals surface area (Å²) in [6.07, 6.45) is 2.05. The first-order valence-electron chi connectivity index (χ1n) is 8.03. The number of para-hydroxylation sites is 2. The maximum absolute atomic E-state index is 12.2. The minimum absolute atomic E-state index is 0.0258. The first-order chi connectivity index (χ1) is 11.2. The first-order valence-corrected chi connectivity index (χ1v) is 8.03. The molecular weight excluding hydrogens is 286 g/mol. The van der Waals surface area contributed by atoms with Crippen molar-refractivity contribution in [3.8, 4) is 11.4 Å². The van der Waals surface area contributed by atoms with Crippen LogP contribution in [0.4, 0.5) is 0 Å². The second-order valence-corrected chi connectivity index (χ2v) is 5.84. The van der Waals surface area contributed by atoms with Gasteiger partial charge in [-0.05, 0) is 37.6 Å². The average Bonchev–Trinajstić information content (AvgIpc) is 2.99. The molecule has 1 amide bonds. The van der Waals surface area contributed by atoms with E-state index in [1.54, 1.807) is 0 Å². The zero-order valence-corrected chi connectivity index (χ0v) is 13.5. The molecule has 0 spiro atoms. The topological polar surface area (TPSA) is 57.8 Å². The lowest BCUT2D eigenvalue weighted by atomic mass is 10.1. The monoisotopic (exact) mass is 307 g/mol. The molecule has 2 N–H and O–H groups in total. The maximum atomic E-state index is 12.2. The van der Waals surface area contributed by atoms with Gasteiger partial charge in [-0.1, -0.05) is 37.6 Å². The third-order valence-electron chi connectivity index (χ3n) is 3.91. The summed E-state index contributed by atoms with van der Waals surface area (Å²) >= 11 is 0. The Morgan fingerprint density at radius 2 is 1.91 bits per heavy atom. The van der Waals surface area contributed by atoms with E-state index in [0.29, 0.717) is 5.56 Å². The quantitative estimate of drug-likeness (QED) is 0.744. The van der Waals surface area contributed by atoms with Crippen LogP contribution in [0.5, 0.6) is 0 Å². The Morgan fingerprint density at radius 3 is 2.61 bits per heavy atom. The molecule has 1 heterocycles. The molecule has 3 aromatic rings. The molecule has 0 fully saturated rings. The molecule has 4 heteroatoms. The highest BCUT2D eigenvalue weighted by atomic mass is 16.1. The number of nitrogens with one attached hydrogen (secondary N) is 2. The van der Waals surface area contributed by atoms with E-state index in [1.807, 2.05) is 55.5 Å². The van der Waals surface area contributed by atoms with Crippen molar-refractivity contribution >= 4 is 16.9 Å². The molecule has 1 atom stereocenters. The first kappa shape index (κ1) is 15.3. The number of nitrogens with zero attached hydrogens (tertiary/aromatic N) is 1. The van der Waals surface area contributed by atoms with Crippen LogP contribution in [0.25, 0.3) is 22.4 Å². The zero-order chi connectivity index (χ0) is 16.2. The molecule has 0 saturated carbocycles. The number of hydrogen-bond donors (Lipinski definition) is 2. The van der Waals surface area contributed by atoms with E-state index in [9.17, 15) is 4.79 Å². The summed E-state index contributed by atoms with van der Waals surface area (Å²) in [5.74, 6) is 0.791. The third-order valence-corrected chi connectivity index (χ3v) is 3.91. The van der Waals surface area contributed by atoms with E-state index < -0.39 is 0 Å². The Morgan fingerprint density at radius 1 is 1.17 bits per heavy atom. The van der Waals surface area contributed by atoms with Crippen molar-refractivity contribution in [2.24, 2.45) is 0 Å². The van der Waals surface area contributed by atoms with Crippen molar-refractivity contribution < 1.29 is 4.79 Å². The normalized spacial score (nSPS) is 12.3. The number of aromatic amines is 1. The molecule has 4 nitrogen and oxygen atoms in total. The zero-order valence-electron chi connectivity index (χ0n) is 13.5. The fraction of sp³-hybridized carbons (Fsp3) is 0.263. The van der Waals surface area contributed by atoms with Crippen molar-refractivity contribution in [1.82, 2.24) is 15.3 Å². The molecule has 23 heavy (non-hydrogen) atoms. The van der Waals surface area contributed by atoms with Gasteiger partial charge in [-0.25, -0.2) is 4.98 Å². The van der Waals surface area contributed by atoms with Crippen LogP contribution in [0, 0.1) is 0 Å². The number of hydrogen-bond acceptors (Lipinski definition) is 2. The second kappa shape index (κ2) is 6.65. The standard InChI is InChI=1S/C19H21N3O/c1-3-6-13(2)20-19(23)15-11-9-14(10-12-15)18-21-16-7-4-5-8-17(16)22-18/h4-5,7-13H,3,6H2,1-2H3,(H,20,23)(H,21,22)/t13-/m1/s1. The van der Waals surface area contributed by atoms with E-state index >= 15 is 0 Å². The molecule has 1 aromatic heterocycles. The lowest BCUT2D eigenvalue weighted by Gasteiger charge is -2.12. The number of carbonyl (C=O) groups excluding carboxylic acids is 1. The molecule has 2 aromatic carbocycles. The van der Waals surface area contributed by atoms with Gasteiger partial charge in [0, 0.05) is 17.2 Å². The minimum Gasteiger partial charge on any atom is -0.350 e. The predicted octanol–water partition coefficient (Wildman–Crippen LogP) is 4.15. The lowest BCUT2D eigenvalue weighted by molar-refractivity contribution is 0.0938. The Hall–Kier alpha value is -2.62. The van der Waals surface area contributed by atoms with Gasteiger partial charge in [-0.15, -0.1) is 0 Å². The van der Waals surface area contributed by atoms with Crippen molar-refractivity contribution in [3.05, 3.63) is 54.1 Å². The highest BCUT2D eigenvalue weighted by Crippen LogP contribution is 2.20. The van der Waals surface area contributed by atoms with Crippen LogP contribution in [-0.4, -0.2) is 21.9 Å². The summed E-state index contributed by atoms with van der Waals surface area (Å²) in [7, 11) is 0. The summed E-state index contributed by atoms with van der Waals surface area (Å²) in [6.45, 7) is 4.15. The largest absolute Gasteiger partial charge is 0.350 e. The van der Waals surface area contributed by atoms with Gasteiger partial charge in [0.15, 0.2) is 0 Å². The summed E-state index contributed by atoms with van der Waals surface area (Å²) < 4.78 is 0. The van der Waals surface area contributed by atoms with Crippen LogP contribution < -0.4 is 5.32 Å². The number of rotatable bonds is 5. The Kier molecular flexibility index (Phi) is 4.42. The number of amides is 1. The SMILES string of the molecule is CCC[C@@H](C)NC(=O)c1ccc(-c2nc3ccccc3[nH]2)cc1. The summed E-state index contributed by atoms with van der Waals surface area (Å²) in [4.78, 5) is 20.1. The highest BCUT2D eigenvalue weighted by Gasteiger charge is 2.10. The molecule has 0 aliphatic heterocycles. The molecule has 118 valence electrons. The molecule has 0 unspecified atom stereocenters. The van der Waals surface area contributed by atoms with Crippen molar-refractivity contribution in [2.45, 2.75) is 32.7 Å². The van der Waals surface area contributed by atoms with E-state index in [1.165, 1.54) is 0 Å². The smallest absolute Gasteiger partial charge is 0.251 e. The van der Waals surface area contributed by atoms with Crippen LogP contribution in [-0.2, 0) is 0 Å². The molecule has 0 bridgehead atoms. The van der Waals surface area contributed by atoms with Gasteiger partial charge in [0.1, 0.15) is 5.82 Å². The third kappa shape index (κ3) is 3.42. The summed E-state index contributed by atoms with van der Waals surface area (Å²) in [6, 6.07) is 15.7. The van der Waals surface area contributed by atoms with Gasteiger partial charge >= 0.3 is 0 Å². The number of fused-ring (bicyclic) bond motifs is 1. The van der Waals surface area contributed by atoms with Crippen molar-refractivity contribution in [2.75, 3.05) is 0 Å². The van der Waals surface area contributed by atoms with Gasteiger partial charge in [-0.2, -0.15) is 0 Å². The second-order valence-electron chi connectivity index (χ2n) is 5.84. The molecule has 0 saturated heterocycles. The number of aromatic nitrogens is 2. The number of benzene rings is 2.